The summed E-state index contributed by atoms with van der Waals surface area (Å²) in [5, 5.41) is 18.9. The third kappa shape index (κ3) is 3.40. The Morgan fingerprint density at radius 2 is 1.68 bits per heavy atom. The van der Waals surface area contributed by atoms with Crippen molar-refractivity contribution in [2.45, 2.75) is 25.2 Å². The molecule has 108 valence electrons. The predicted molar refractivity (Wildman–Crippen MR) is 84.0 cm³/mol. The van der Waals surface area contributed by atoms with E-state index in [1.807, 2.05) is 36.4 Å². The largest absolute Gasteiger partial charge is 0.300 e. The van der Waals surface area contributed by atoms with Gasteiger partial charge in [0.15, 0.2) is 0 Å². The van der Waals surface area contributed by atoms with Crippen molar-refractivity contribution in [3.8, 4) is 12.1 Å². The molecule has 0 N–H and O–H groups in total. The van der Waals surface area contributed by atoms with Gasteiger partial charge in [0.25, 0.3) is 0 Å². The van der Waals surface area contributed by atoms with Crippen molar-refractivity contribution in [2.24, 2.45) is 0 Å². The number of carbonyl (C=O) groups is 1. The lowest BCUT2D eigenvalue weighted by atomic mass is 9.78. The van der Waals surface area contributed by atoms with Crippen molar-refractivity contribution in [1.82, 2.24) is 0 Å². The van der Waals surface area contributed by atoms with Gasteiger partial charge in [-0.3, -0.25) is 0 Å². The smallest absolute Gasteiger partial charge is 0.130 e. The molecule has 0 aromatic heterocycles. The minimum atomic E-state index is -0.526. The highest BCUT2D eigenvalue weighted by Crippen LogP contribution is 2.36. The van der Waals surface area contributed by atoms with Crippen LogP contribution < -0.4 is 0 Å². The first kappa shape index (κ1) is 15.5. The average molecular weight is 288 g/mol. The topological polar surface area (TPSA) is 64.7 Å². The molecule has 3 nitrogen and oxygen atoms in total. The highest BCUT2D eigenvalue weighted by molar-refractivity contribution is 5.76. The maximum atomic E-state index is 11.7. The molecule has 0 spiro atoms. The molecule has 0 fully saturated rings. The van der Waals surface area contributed by atoms with E-state index in [-0.39, 0.29) is 18.1 Å². The van der Waals surface area contributed by atoms with Gasteiger partial charge in [-0.1, -0.05) is 48.5 Å². The van der Waals surface area contributed by atoms with Crippen LogP contribution in [0.2, 0.25) is 0 Å². The van der Waals surface area contributed by atoms with Crippen LogP contribution in [0.5, 0.6) is 0 Å². The quantitative estimate of drug-likeness (QED) is 0.837. The highest BCUT2D eigenvalue weighted by atomic mass is 16.1. The summed E-state index contributed by atoms with van der Waals surface area (Å²) in [5.41, 5.74) is 2.11. The summed E-state index contributed by atoms with van der Waals surface area (Å²) < 4.78 is 0. The monoisotopic (exact) mass is 288 g/mol. The van der Waals surface area contributed by atoms with E-state index < -0.39 is 5.92 Å². The van der Waals surface area contributed by atoms with E-state index in [0.717, 1.165) is 5.56 Å². The van der Waals surface area contributed by atoms with E-state index in [1.165, 1.54) is 6.92 Å². The molecule has 2 atom stereocenters. The normalized spacial score (nSPS) is 12.7. The molecule has 22 heavy (non-hydrogen) atoms. The van der Waals surface area contributed by atoms with Crippen molar-refractivity contribution in [3.63, 3.8) is 0 Å². The average Bonchev–Trinajstić information content (AvgIpc) is 2.55. The molecule has 3 heteroatoms. The van der Waals surface area contributed by atoms with Gasteiger partial charge in [-0.25, -0.2) is 0 Å². The van der Waals surface area contributed by atoms with Crippen LogP contribution in [0.15, 0.2) is 54.6 Å². The zero-order valence-corrected chi connectivity index (χ0v) is 12.4. The Kier molecular flexibility index (Phi) is 5.07. The van der Waals surface area contributed by atoms with Gasteiger partial charge in [0, 0.05) is 12.3 Å². The van der Waals surface area contributed by atoms with E-state index in [1.54, 1.807) is 18.2 Å². The first-order chi connectivity index (χ1) is 10.7. The molecule has 0 heterocycles. The minimum Gasteiger partial charge on any atom is -0.300 e. The molecular weight excluding hydrogens is 272 g/mol. The molecule has 2 unspecified atom stereocenters. The van der Waals surface area contributed by atoms with Crippen molar-refractivity contribution < 1.29 is 4.79 Å². The van der Waals surface area contributed by atoms with Crippen LogP contribution in [0.1, 0.15) is 41.9 Å². The zero-order chi connectivity index (χ0) is 15.9. The van der Waals surface area contributed by atoms with Crippen molar-refractivity contribution in [1.29, 1.82) is 10.5 Å². The van der Waals surface area contributed by atoms with Gasteiger partial charge in [-0.2, -0.15) is 10.5 Å². The molecule has 0 radical (unpaired) electrons. The second-order valence-electron chi connectivity index (χ2n) is 5.23. The maximum Gasteiger partial charge on any atom is 0.130 e. The zero-order valence-electron chi connectivity index (χ0n) is 12.4. The lowest BCUT2D eigenvalue weighted by Gasteiger charge is -2.22. The fourth-order valence-electron chi connectivity index (χ4n) is 2.68. The van der Waals surface area contributed by atoms with E-state index >= 15 is 0 Å². The number of hydrogen-bond donors (Lipinski definition) is 0. The number of ketones is 1. The van der Waals surface area contributed by atoms with Crippen LogP contribution in [0.3, 0.4) is 0 Å². The van der Waals surface area contributed by atoms with Gasteiger partial charge >= 0.3 is 0 Å². The molecule has 0 aliphatic rings. The van der Waals surface area contributed by atoms with Gasteiger partial charge in [0.1, 0.15) is 5.78 Å². The predicted octanol–water partition coefficient (Wildman–Crippen LogP) is 3.93. The van der Waals surface area contributed by atoms with E-state index in [0.29, 0.717) is 11.1 Å². The Labute approximate surface area is 130 Å². The maximum absolute atomic E-state index is 11.7. The van der Waals surface area contributed by atoms with Crippen LogP contribution in [-0.4, -0.2) is 5.78 Å². The van der Waals surface area contributed by atoms with Crippen LogP contribution in [0.25, 0.3) is 0 Å². The van der Waals surface area contributed by atoms with Crippen LogP contribution in [-0.2, 0) is 4.79 Å². The Bertz CT molecular complexity index is 738. The third-order valence-corrected chi connectivity index (χ3v) is 3.69. The summed E-state index contributed by atoms with van der Waals surface area (Å²) >= 11 is 0. The summed E-state index contributed by atoms with van der Waals surface area (Å²) in [6, 6.07) is 21.1. The number of nitriles is 2. The first-order valence-electron chi connectivity index (χ1n) is 7.10. The van der Waals surface area contributed by atoms with Crippen LogP contribution in [0, 0.1) is 22.7 Å². The molecule has 0 saturated carbocycles. The van der Waals surface area contributed by atoms with Gasteiger partial charge in [0.2, 0.25) is 0 Å². The van der Waals surface area contributed by atoms with Crippen LogP contribution in [0.4, 0.5) is 0 Å². The molecule has 0 amide bonds. The molecule has 2 aromatic rings. The van der Waals surface area contributed by atoms with Gasteiger partial charge in [-0.05, 0) is 24.1 Å². The highest BCUT2D eigenvalue weighted by Gasteiger charge is 2.27. The second-order valence-corrected chi connectivity index (χ2v) is 5.23. The Balaban J connectivity index is 2.51. The summed E-state index contributed by atoms with van der Waals surface area (Å²) in [6.45, 7) is 1.53. The minimum absolute atomic E-state index is 0.0311. The summed E-state index contributed by atoms with van der Waals surface area (Å²) in [4.78, 5) is 11.7. The van der Waals surface area contributed by atoms with Crippen molar-refractivity contribution >= 4 is 5.78 Å². The molecular formula is C19H16N2O. The number of rotatable bonds is 5. The lowest BCUT2D eigenvalue weighted by molar-refractivity contribution is -0.117. The fraction of sp³-hybridized carbons (Fsp3) is 0.211. The third-order valence-electron chi connectivity index (χ3n) is 3.69. The molecule has 0 aliphatic carbocycles. The Hall–Kier alpha value is -2.91. The number of hydrogen-bond acceptors (Lipinski definition) is 3. The first-order valence-corrected chi connectivity index (χ1v) is 7.10. The number of nitrogens with zero attached hydrogens (tertiary/aromatic N) is 2. The van der Waals surface area contributed by atoms with Gasteiger partial charge < -0.3 is 4.79 Å². The number of benzene rings is 2. The molecule has 0 saturated heterocycles. The summed E-state index contributed by atoms with van der Waals surface area (Å²) in [6.07, 6.45) is 0.280. The molecule has 2 rings (SSSR count). The molecule has 0 bridgehead atoms. The Morgan fingerprint density at radius 1 is 1.05 bits per heavy atom. The Morgan fingerprint density at radius 3 is 2.27 bits per heavy atom. The second kappa shape index (κ2) is 7.20. The van der Waals surface area contributed by atoms with Crippen molar-refractivity contribution in [2.75, 3.05) is 0 Å². The summed E-state index contributed by atoms with van der Waals surface area (Å²) in [7, 11) is 0. The summed E-state index contributed by atoms with van der Waals surface area (Å²) in [5.74, 6) is -0.746. The van der Waals surface area contributed by atoms with Crippen LogP contribution >= 0.6 is 0 Å². The molecule has 0 aliphatic heterocycles. The SMILES string of the molecule is CC(=O)CC(c1ccccc1)C(C#N)c1ccccc1C#N. The molecule has 2 aromatic carbocycles. The number of Topliss-reactive ketones (excluding diaryl/α,β-unsaturated/α-hetero) is 1. The lowest BCUT2D eigenvalue weighted by Crippen LogP contribution is -2.14. The van der Waals surface area contributed by atoms with Gasteiger partial charge in [0.05, 0.1) is 23.6 Å². The number of carbonyl (C=O) groups excluding carboxylic acids is 1. The van der Waals surface area contributed by atoms with Gasteiger partial charge in [-0.15, -0.1) is 0 Å². The standard InChI is InChI=1S/C19H16N2O/c1-14(22)11-18(15-7-3-2-4-8-15)19(13-21)17-10-6-5-9-16(17)12-20/h2-10,18-19H,11H2,1H3. The van der Waals surface area contributed by atoms with E-state index in [4.69, 9.17) is 0 Å². The fourth-order valence-corrected chi connectivity index (χ4v) is 2.68. The van der Waals surface area contributed by atoms with Crippen molar-refractivity contribution in [3.05, 3.63) is 71.3 Å². The van der Waals surface area contributed by atoms with E-state index in [2.05, 4.69) is 12.1 Å². The van der Waals surface area contributed by atoms with E-state index in [9.17, 15) is 15.3 Å².